The van der Waals surface area contributed by atoms with E-state index in [2.05, 4.69) is 15.9 Å². The van der Waals surface area contributed by atoms with Crippen LogP contribution < -0.4 is 9.88 Å². The summed E-state index contributed by atoms with van der Waals surface area (Å²) in [5, 5.41) is 5.47. The number of sulfonamides is 1. The molecule has 0 heterocycles. The molecule has 0 bridgehead atoms. The minimum absolute atomic E-state index is 0.0762. The fourth-order valence-corrected chi connectivity index (χ4v) is 4.23. The van der Waals surface area contributed by atoms with Gasteiger partial charge in [-0.3, -0.25) is 0 Å². The SMILES string of the molecule is NS(=O)(=O)c1cc(Br)cc(Cl)c1OCC1CCCCC1. The predicted molar refractivity (Wildman–Crippen MR) is 82.6 cm³/mol. The van der Waals surface area contributed by atoms with Crippen molar-refractivity contribution in [3.63, 3.8) is 0 Å². The van der Waals surface area contributed by atoms with Crippen LogP contribution in [0, 0.1) is 5.92 Å². The van der Waals surface area contributed by atoms with Crippen LogP contribution in [0.15, 0.2) is 21.5 Å². The summed E-state index contributed by atoms with van der Waals surface area (Å²) >= 11 is 9.29. The Morgan fingerprint density at radius 3 is 2.55 bits per heavy atom. The number of ether oxygens (including phenoxy) is 1. The second-order valence-electron chi connectivity index (χ2n) is 5.07. The lowest BCUT2D eigenvalue weighted by atomic mass is 9.90. The molecule has 1 aromatic rings. The van der Waals surface area contributed by atoms with E-state index in [-0.39, 0.29) is 15.7 Å². The highest BCUT2D eigenvalue weighted by Gasteiger charge is 2.21. The molecule has 1 saturated carbocycles. The van der Waals surface area contributed by atoms with Crippen LogP contribution in [-0.4, -0.2) is 15.0 Å². The molecular formula is C13H17BrClNO3S. The van der Waals surface area contributed by atoms with Crippen LogP contribution >= 0.6 is 27.5 Å². The summed E-state index contributed by atoms with van der Waals surface area (Å²) in [5.41, 5.74) is 0. The Labute approximate surface area is 132 Å². The minimum Gasteiger partial charge on any atom is -0.490 e. The molecule has 0 aliphatic heterocycles. The van der Waals surface area contributed by atoms with Crippen molar-refractivity contribution in [3.8, 4) is 5.75 Å². The Kier molecular flexibility index (Phi) is 5.34. The first-order valence-electron chi connectivity index (χ1n) is 6.52. The average Bonchev–Trinajstić information content (AvgIpc) is 2.37. The first-order valence-corrected chi connectivity index (χ1v) is 9.24. The molecular weight excluding hydrogens is 366 g/mol. The molecule has 0 saturated heterocycles. The molecule has 1 fully saturated rings. The number of halogens is 2. The standard InChI is InChI=1S/C13H17BrClNO3S/c14-10-6-11(15)13(12(7-10)20(16,17)18)19-8-9-4-2-1-3-5-9/h6-7,9H,1-5,8H2,(H2,16,17,18). The maximum Gasteiger partial charge on any atom is 0.241 e. The van der Waals surface area contributed by atoms with Crippen LogP contribution in [0.4, 0.5) is 0 Å². The predicted octanol–water partition coefficient (Wildman–Crippen LogP) is 3.71. The maximum absolute atomic E-state index is 11.6. The third kappa shape index (κ3) is 4.10. The molecule has 0 atom stereocenters. The molecule has 4 nitrogen and oxygen atoms in total. The third-order valence-electron chi connectivity index (χ3n) is 3.47. The number of hydrogen-bond donors (Lipinski definition) is 1. The monoisotopic (exact) mass is 381 g/mol. The normalized spacial score (nSPS) is 17.1. The number of benzene rings is 1. The smallest absolute Gasteiger partial charge is 0.241 e. The Balaban J connectivity index is 2.21. The summed E-state index contributed by atoms with van der Waals surface area (Å²) in [6.07, 6.45) is 5.88. The highest BCUT2D eigenvalue weighted by Crippen LogP contribution is 2.36. The lowest BCUT2D eigenvalue weighted by molar-refractivity contribution is 0.205. The van der Waals surface area contributed by atoms with Crippen molar-refractivity contribution in [2.45, 2.75) is 37.0 Å². The molecule has 7 heteroatoms. The lowest BCUT2D eigenvalue weighted by Gasteiger charge is -2.22. The zero-order valence-electron chi connectivity index (χ0n) is 10.9. The van der Waals surface area contributed by atoms with Gasteiger partial charge in [0, 0.05) is 4.47 Å². The second-order valence-corrected chi connectivity index (χ2v) is 7.93. The van der Waals surface area contributed by atoms with Gasteiger partial charge in [-0.2, -0.15) is 0 Å². The average molecular weight is 383 g/mol. The maximum atomic E-state index is 11.6. The van der Waals surface area contributed by atoms with Crippen molar-refractivity contribution in [3.05, 3.63) is 21.6 Å². The van der Waals surface area contributed by atoms with Crippen molar-refractivity contribution in [2.24, 2.45) is 11.1 Å². The van der Waals surface area contributed by atoms with E-state index < -0.39 is 10.0 Å². The first-order chi connectivity index (χ1) is 9.38. The van der Waals surface area contributed by atoms with E-state index >= 15 is 0 Å². The van der Waals surface area contributed by atoms with Crippen LogP contribution in [0.2, 0.25) is 5.02 Å². The Morgan fingerprint density at radius 2 is 1.95 bits per heavy atom. The zero-order valence-corrected chi connectivity index (χ0v) is 14.1. The van der Waals surface area contributed by atoms with Gasteiger partial charge in [-0.1, -0.05) is 46.8 Å². The molecule has 0 spiro atoms. The van der Waals surface area contributed by atoms with Crippen molar-refractivity contribution in [2.75, 3.05) is 6.61 Å². The summed E-state index contributed by atoms with van der Waals surface area (Å²) in [6, 6.07) is 3.02. The quantitative estimate of drug-likeness (QED) is 0.863. The fraction of sp³-hybridized carbons (Fsp3) is 0.538. The topological polar surface area (TPSA) is 69.4 Å². The van der Waals surface area contributed by atoms with Gasteiger partial charge >= 0.3 is 0 Å². The van der Waals surface area contributed by atoms with Gasteiger partial charge < -0.3 is 4.74 Å². The second kappa shape index (κ2) is 6.64. The molecule has 1 aliphatic carbocycles. The van der Waals surface area contributed by atoms with Gasteiger partial charge in [0.1, 0.15) is 4.90 Å². The third-order valence-corrected chi connectivity index (χ3v) is 5.12. The molecule has 0 unspecified atom stereocenters. The largest absolute Gasteiger partial charge is 0.490 e. The number of rotatable bonds is 4. The van der Waals surface area contributed by atoms with Crippen molar-refractivity contribution in [1.29, 1.82) is 0 Å². The van der Waals surface area contributed by atoms with Crippen LogP contribution in [0.1, 0.15) is 32.1 Å². The highest BCUT2D eigenvalue weighted by molar-refractivity contribution is 9.10. The Bertz CT molecular complexity index is 586. The van der Waals surface area contributed by atoms with Gasteiger partial charge in [0.25, 0.3) is 0 Å². The molecule has 2 N–H and O–H groups in total. The van der Waals surface area contributed by atoms with Gasteiger partial charge in [-0.05, 0) is 30.9 Å². The Hall–Kier alpha value is -0.300. The molecule has 1 aliphatic rings. The zero-order chi connectivity index (χ0) is 14.8. The number of nitrogens with two attached hydrogens (primary N) is 1. The minimum atomic E-state index is -3.87. The van der Waals surface area contributed by atoms with Gasteiger partial charge in [-0.25, -0.2) is 13.6 Å². The van der Waals surface area contributed by atoms with E-state index in [1.807, 2.05) is 0 Å². The van der Waals surface area contributed by atoms with Crippen LogP contribution in [0.25, 0.3) is 0 Å². The van der Waals surface area contributed by atoms with Crippen LogP contribution in [0.3, 0.4) is 0 Å². The van der Waals surface area contributed by atoms with E-state index in [1.54, 1.807) is 6.07 Å². The molecule has 0 amide bonds. The molecule has 112 valence electrons. The molecule has 0 aromatic heterocycles. The van der Waals surface area contributed by atoms with E-state index in [0.29, 0.717) is 17.0 Å². The molecule has 0 radical (unpaired) electrons. The molecule has 2 rings (SSSR count). The first kappa shape index (κ1) is 16.1. The Morgan fingerprint density at radius 1 is 1.30 bits per heavy atom. The summed E-state index contributed by atoms with van der Waals surface area (Å²) in [5.74, 6) is 0.611. The number of hydrogen-bond acceptors (Lipinski definition) is 3. The van der Waals surface area contributed by atoms with Crippen molar-refractivity contribution in [1.82, 2.24) is 0 Å². The summed E-state index contributed by atoms with van der Waals surface area (Å²) < 4.78 is 29.5. The van der Waals surface area contributed by atoms with E-state index in [9.17, 15) is 8.42 Å². The van der Waals surface area contributed by atoms with Crippen LogP contribution in [0.5, 0.6) is 5.75 Å². The fourth-order valence-electron chi connectivity index (χ4n) is 2.44. The molecule has 20 heavy (non-hydrogen) atoms. The summed E-state index contributed by atoms with van der Waals surface area (Å²) in [7, 11) is -3.87. The van der Waals surface area contributed by atoms with E-state index in [0.717, 1.165) is 12.8 Å². The summed E-state index contributed by atoms with van der Waals surface area (Å²) in [6.45, 7) is 0.476. The highest BCUT2D eigenvalue weighted by atomic mass is 79.9. The van der Waals surface area contributed by atoms with Gasteiger partial charge in [0.2, 0.25) is 10.0 Å². The van der Waals surface area contributed by atoms with Crippen molar-refractivity contribution >= 4 is 37.6 Å². The molecule has 1 aromatic carbocycles. The van der Waals surface area contributed by atoms with Gasteiger partial charge in [-0.15, -0.1) is 0 Å². The van der Waals surface area contributed by atoms with Gasteiger partial charge in [0.15, 0.2) is 5.75 Å². The van der Waals surface area contributed by atoms with Crippen LogP contribution in [-0.2, 0) is 10.0 Å². The van der Waals surface area contributed by atoms with E-state index in [1.165, 1.54) is 25.3 Å². The van der Waals surface area contributed by atoms with Gasteiger partial charge in [0.05, 0.1) is 11.6 Å². The van der Waals surface area contributed by atoms with E-state index in [4.69, 9.17) is 21.5 Å². The lowest BCUT2D eigenvalue weighted by Crippen LogP contribution is -2.18. The summed E-state index contributed by atoms with van der Waals surface area (Å²) in [4.78, 5) is -0.0762. The number of primary sulfonamides is 1. The van der Waals surface area contributed by atoms with Crippen molar-refractivity contribution < 1.29 is 13.2 Å².